The molecule has 0 unspecified atom stereocenters. The van der Waals surface area contributed by atoms with Crippen molar-refractivity contribution < 1.29 is 9.66 Å². The van der Waals surface area contributed by atoms with E-state index in [2.05, 4.69) is 0 Å². The number of hydrogen-bond acceptors (Lipinski definition) is 4. The number of aryl methyl sites for hydroxylation is 1. The van der Waals surface area contributed by atoms with Crippen molar-refractivity contribution in [3.8, 4) is 5.75 Å². The summed E-state index contributed by atoms with van der Waals surface area (Å²) in [5.74, 6) is 0.509. The summed E-state index contributed by atoms with van der Waals surface area (Å²) in [5, 5.41) is 10.9. The fraction of sp³-hybridized carbons (Fsp3) is 0.500. The first kappa shape index (κ1) is 11.9. The molecule has 5 heteroatoms. The van der Waals surface area contributed by atoms with Crippen LogP contribution in [-0.2, 0) is 6.42 Å². The second-order valence-electron chi connectivity index (χ2n) is 4.61. The lowest BCUT2D eigenvalue weighted by Crippen LogP contribution is -2.22. The molecule has 0 radical (unpaired) electrons. The molecule has 1 aromatic carbocycles. The van der Waals surface area contributed by atoms with Crippen LogP contribution in [0.3, 0.4) is 0 Å². The summed E-state index contributed by atoms with van der Waals surface area (Å²) in [6, 6.07) is 4.96. The van der Waals surface area contributed by atoms with Crippen LogP contribution in [0.1, 0.15) is 24.8 Å². The average molecular weight is 236 g/mol. The Labute approximate surface area is 99.7 Å². The molecule has 92 valence electrons. The van der Waals surface area contributed by atoms with E-state index >= 15 is 0 Å². The van der Waals surface area contributed by atoms with E-state index in [4.69, 9.17) is 10.5 Å². The van der Waals surface area contributed by atoms with Crippen molar-refractivity contribution >= 4 is 5.69 Å². The molecule has 0 bridgehead atoms. The topological polar surface area (TPSA) is 78.4 Å². The Morgan fingerprint density at radius 2 is 2.24 bits per heavy atom. The zero-order chi connectivity index (χ0) is 12.5. The number of nitrogens with zero attached hydrogens (tertiary/aromatic N) is 1. The van der Waals surface area contributed by atoms with Gasteiger partial charge >= 0.3 is 0 Å². The Morgan fingerprint density at radius 1 is 1.53 bits per heavy atom. The SMILES string of the molecule is COc1ccc(CCC2(N)CC2)c([N+](=O)[O-])c1. The summed E-state index contributed by atoms with van der Waals surface area (Å²) in [6.45, 7) is 0. The van der Waals surface area contributed by atoms with Crippen molar-refractivity contribution in [3.05, 3.63) is 33.9 Å². The summed E-state index contributed by atoms with van der Waals surface area (Å²) in [6.07, 6.45) is 3.50. The third kappa shape index (κ3) is 2.74. The standard InChI is InChI=1S/C12H16N2O3/c1-17-10-3-2-9(11(8-10)14(15)16)4-5-12(13)6-7-12/h2-3,8H,4-7,13H2,1H3. The molecule has 1 aliphatic carbocycles. The van der Waals surface area contributed by atoms with Gasteiger partial charge in [-0.1, -0.05) is 0 Å². The van der Waals surface area contributed by atoms with Crippen molar-refractivity contribution in [2.24, 2.45) is 5.73 Å². The Morgan fingerprint density at radius 3 is 2.76 bits per heavy atom. The molecular formula is C12H16N2O3. The highest BCUT2D eigenvalue weighted by atomic mass is 16.6. The molecule has 0 saturated heterocycles. The zero-order valence-corrected chi connectivity index (χ0v) is 9.81. The van der Waals surface area contributed by atoms with E-state index in [0.717, 1.165) is 24.8 Å². The van der Waals surface area contributed by atoms with E-state index in [0.29, 0.717) is 12.2 Å². The molecule has 1 saturated carbocycles. The number of nitrogens with two attached hydrogens (primary N) is 1. The van der Waals surface area contributed by atoms with Gasteiger partial charge in [0.15, 0.2) is 0 Å². The van der Waals surface area contributed by atoms with E-state index in [1.807, 2.05) is 0 Å². The van der Waals surface area contributed by atoms with Crippen molar-refractivity contribution in [2.75, 3.05) is 7.11 Å². The first-order valence-electron chi connectivity index (χ1n) is 5.64. The quantitative estimate of drug-likeness (QED) is 0.626. The molecular weight excluding hydrogens is 220 g/mol. The lowest BCUT2D eigenvalue weighted by molar-refractivity contribution is -0.385. The Kier molecular flexibility index (Phi) is 3.02. The van der Waals surface area contributed by atoms with E-state index in [9.17, 15) is 10.1 Å². The number of rotatable bonds is 5. The fourth-order valence-corrected chi connectivity index (χ4v) is 1.85. The number of hydrogen-bond donors (Lipinski definition) is 1. The highest BCUT2D eigenvalue weighted by molar-refractivity contribution is 5.46. The molecule has 0 amide bonds. The van der Waals surface area contributed by atoms with Gasteiger partial charge in [0, 0.05) is 11.1 Å². The molecule has 0 aliphatic heterocycles. The monoisotopic (exact) mass is 236 g/mol. The predicted octanol–water partition coefficient (Wildman–Crippen LogP) is 2.03. The average Bonchev–Trinajstić information content (AvgIpc) is 3.05. The summed E-state index contributed by atoms with van der Waals surface area (Å²) in [4.78, 5) is 10.6. The smallest absolute Gasteiger partial charge is 0.276 e. The van der Waals surface area contributed by atoms with E-state index in [1.165, 1.54) is 13.2 Å². The Bertz CT molecular complexity index is 441. The first-order chi connectivity index (χ1) is 8.04. The number of nitro benzene ring substituents is 1. The van der Waals surface area contributed by atoms with E-state index < -0.39 is 0 Å². The van der Waals surface area contributed by atoms with Crippen LogP contribution < -0.4 is 10.5 Å². The van der Waals surface area contributed by atoms with Crippen molar-refractivity contribution in [3.63, 3.8) is 0 Å². The molecule has 0 aromatic heterocycles. The molecule has 2 rings (SSSR count). The molecule has 5 nitrogen and oxygen atoms in total. The predicted molar refractivity (Wildman–Crippen MR) is 64.1 cm³/mol. The van der Waals surface area contributed by atoms with Gasteiger partial charge in [-0.05, 0) is 37.8 Å². The summed E-state index contributed by atoms with van der Waals surface area (Å²) >= 11 is 0. The lowest BCUT2D eigenvalue weighted by Gasteiger charge is -2.09. The minimum atomic E-state index is -0.367. The summed E-state index contributed by atoms with van der Waals surface area (Å²) in [5.41, 5.74) is 6.75. The van der Waals surface area contributed by atoms with Gasteiger partial charge in [0.2, 0.25) is 0 Å². The molecule has 1 aromatic rings. The molecule has 0 heterocycles. The molecule has 1 fully saturated rings. The van der Waals surface area contributed by atoms with Crippen molar-refractivity contribution in [1.82, 2.24) is 0 Å². The van der Waals surface area contributed by atoms with Gasteiger partial charge in [-0.2, -0.15) is 0 Å². The number of methoxy groups -OCH3 is 1. The van der Waals surface area contributed by atoms with Gasteiger partial charge in [-0.3, -0.25) is 10.1 Å². The van der Waals surface area contributed by atoms with Crippen LogP contribution in [0.5, 0.6) is 5.75 Å². The van der Waals surface area contributed by atoms with Crippen LogP contribution in [0.25, 0.3) is 0 Å². The number of benzene rings is 1. The summed E-state index contributed by atoms with van der Waals surface area (Å²) < 4.78 is 4.99. The minimum absolute atomic E-state index is 0.0756. The third-order valence-electron chi connectivity index (χ3n) is 3.27. The maximum atomic E-state index is 10.9. The molecule has 0 atom stereocenters. The lowest BCUT2D eigenvalue weighted by atomic mass is 10.0. The van der Waals surface area contributed by atoms with Crippen LogP contribution in [-0.4, -0.2) is 17.6 Å². The zero-order valence-electron chi connectivity index (χ0n) is 9.81. The Balaban J connectivity index is 2.16. The maximum Gasteiger partial charge on any atom is 0.276 e. The second-order valence-corrected chi connectivity index (χ2v) is 4.61. The molecule has 1 aliphatic rings. The van der Waals surface area contributed by atoms with Crippen LogP contribution >= 0.6 is 0 Å². The van der Waals surface area contributed by atoms with Gasteiger partial charge < -0.3 is 10.5 Å². The van der Waals surface area contributed by atoms with Gasteiger partial charge in [-0.15, -0.1) is 0 Å². The van der Waals surface area contributed by atoms with Crippen LogP contribution in [0, 0.1) is 10.1 Å². The van der Waals surface area contributed by atoms with Gasteiger partial charge in [-0.25, -0.2) is 0 Å². The van der Waals surface area contributed by atoms with Gasteiger partial charge in [0.25, 0.3) is 5.69 Å². The third-order valence-corrected chi connectivity index (χ3v) is 3.27. The fourth-order valence-electron chi connectivity index (χ4n) is 1.85. The highest BCUT2D eigenvalue weighted by Gasteiger charge is 2.37. The molecule has 2 N–H and O–H groups in total. The van der Waals surface area contributed by atoms with Crippen molar-refractivity contribution in [1.29, 1.82) is 0 Å². The number of nitro groups is 1. The second kappa shape index (κ2) is 4.33. The Hall–Kier alpha value is -1.62. The first-order valence-corrected chi connectivity index (χ1v) is 5.64. The van der Waals surface area contributed by atoms with E-state index in [-0.39, 0.29) is 16.1 Å². The van der Waals surface area contributed by atoms with Crippen LogP contribution in [0.4, 0.5) is 5.69 Å². The highest BCUT2D eigenvalue weighted by Crippen LogP contribution is 2.37. The summed E-state index contributed by atoms with van der Waals surface area (Å²) in [7, 11) is 1.50. The van der Waals surface area contributed by atoms with Crippen molar-refractivity contribution in [2.45, 2.75) is 31.2 Å². The van der Waals surface area contributed by atoms with Gasteiger partial charge in [0.05, 0.1) is 18.1 Å². The normalized spacial score (nSPS) is 16.6. The van der Waals surface area contributed by atoms with Gasteiger partial charge in [0.1, 0.15) is 5.75 Å². The van der Waals surface area contributed by atoms with E-state index in [1.54, 1.807) is 12.1 Å². The molecule has 0 spiro atoms. The van der Waals surface area contributed by atoms with Crippen LogP contribution in [0.2, 0.25) is 0 Å². The maximum absolute atomic E-state index is 10.9. The molecule has 17 heavy (non-hydrogen) atoms. The van der Waals surface area contributed by atoms with Crippen LogP contribution in [0.15, 0.2) is 18.2 Å². The largest absolute Gasteiger partial charge is 0.497 e. The number of ether oxygens (including phenoxy) is 1. The minimum Gasteiger partial charge on any atom is -0.497 e.